The molecular weight excluding hydrogens is 1180 g/mol. The summed E-state index contributed by atoms with van der Waals surface area (Å²) in [6.45, 7) is 0.669. The fourth-order valence-corrected chi connectivity index (χ4v) is 10.5. The molecular formula is C62H79N13O12S2. The van der Waals surface area contributed by atoms with E-state index in [9.17, 15) is 48.6 Å². The van der Waals surface area contributed by atoms with Gasteiger partial charge in [0.2, 0.25) is 53.2 Å². The largest absolute Gasteiger partial charge is 0.480 e. The zero-order chi connectivity index (χ0) is 64.6. The van der Waals surface area contributed by atoms with E-state index in [1.165, 1.54) is 6.92 Å². The lowest BCUT2D eigenvalue weighted by Gasteiger charge is -2.32. The number of hydrogen-bond acceptors (Lipinski definition) is 15. The molecule has 476 valence electrons. The number of unbranched alkanes of at least 4 members (excludes halogenated alkanes) is 1. The zero-order valence-electron chi connectivity index (χ0n) is 49.2. The van der Waals surface area contributed by atoms with Crippen LogP contribution < -0.4 is 54.4 Å². The first-order valence-electron chi connectivity index (χ1n) is 29.1. The van der Waals surface area contributed by atoms with Crippen LogP contribution in [-0.4, -0.2) is 170 Å². The monoisotopic (exact) mass is 1260 g/mol. The molecule has 6 rings (SSSR count). The van der Waals surface area contributed by atoms with Gasteiger partial charge in [-0.2, -0.15) is 25.3 Å². The molecule has 9 atom stereocenters. The van der Waals surface area contributed by atoms with Gasteiger partial charge in [-0.1, -0.05) is 97.1 Å². The summed E-state index contributed by atoms with van der Waals surface area (Å²) in [6.07, 6.45) is 1.90. The van der Waals surface area contributed by atoms with Crippen LogP contribution in [0.25, 0.3) is 21.8 Å². The number of thiol groups is 2. The second-order valence-corrected chi connectivity index (χ2v) is 22.3. The molecule has 0 aliphatic heterocycles. The van der Waals surface area contributed by atoms with E-state index >= 15 is 9.59 Å². The Labute approximate surface area is 525 Å². The summed E-state index contributed by atoms with van der Waals surface area (Å²) in [6, 6.07) is 20.3. The molecule has 0 spiro atoms. The molecule has 0 aliphatic rings. The van der Waals surface area contributed by atoms with Crippen LogP contribution in [0.15, 0.2) is 122 Å². The number of para-hydroxylation sites is 2. The number of aliphatic carboxylic acids is 1. The highest BCUT2D eigenvalue weighted by Crippen LogP contribution is 2.22. The zero-order valence-corrected chi connectivity index (χ0v) is 51.0. The maximum Gasteiger partial charge on any atom is 0.327 e. The van der Waals surface area contributed by atoms with E-state index in [0.29, 0.717) is 44.5 Å². The van der Waals surface area contributed by atoms with Crippen LogP contribution in [0.1, 0.15) is 61.3 Å². The first-order chi connectivity index (χ1) is 42.7. The molecule has 4 aromatic carbocycles. The summed E-state index contributed by atoms with van der Waals surface area (Å²) in [5.41, 5.74) is 20.9. The number of H-pyrrole nitrogens is 2. The summed E-state index contributed by atoms with van der Waals surface area (Å²) in [5, 5.41) is 41.6. The Hall–Kier alpha value is -8.76. The lowest BCUT2D eigenvalue weighted by Crippen LogP contribution is -2.62. The van der Waals surface area contributed by atoms with Crippen molar-refractivity contribution in [1.29, 1.82) is 0 Å². The molecule has 0 saturated heterocycles. The summed E-state index contributed by atoms with van der Waals surface area (Å²) in [4.78, 5) is 146. The fraction of sp³-hybridized carbons (Fsp3) is 0.387. The fourth-order valence-electron chi connectivity index (χ4n) is 10.0. The minimum Gasteiger partial charge on any atom is -0.480 e. The van der Waals surface area contributed by atoms with Crippen molar-refractivity contribution < 1.29 is 58.2 Å². The van der Waals surface area contributed by atoms with Gasteiger partial charge in [0.05, 0.1) is 12.1 Å². The van der Waals surface area contributed by atoms with E-state index in [1.807, 2.05) is 42.5 Å². The van der Waals surface area contributed by atoms with Crippen LogP contribution in [0.4, 0.5) is 0 Å². The molecule has 25 nitrogen and oxygen atoms in total. The normalized spacial score (nSPS) is 14.3. The number of hydrogen-bond donors (Lipinski definition) is 16. The van der Waals surface area contributed by atoms with E-state index in [4.69, 9.17) is 17.2 Å². The number of carbonyl (C=O) groups excluding carboxylic acids is 9. The number of nitrogens with two attached hydrogens (primary N) is 3. The Morgan fingerprint density at radius 2 is 1.03 bits per heavy atom. The number of carboxylic acid groups (broad SMARTS) is 1. The predicted molar refractivity (Wildman–Crippen MR) is 341 cm³/mol. The van der Waals surface area contributed by atoms with E-state index in [-0.39, 0.29) is 70.2 Å². The molecule has 0 fully saturated rings. The SMILES string of the molecule is C[C@@H](O)[C@H](NC(=O)[C@H](CCCCN)NC(=O)[C@@H](Cc1c[nH]c2ccccc12)NC(=O)[C@H](Cc1c[nH]c2ccccc12)NC(=O)[C@H](Cc1ccccc1)NC(=O)CCCNC(=O)[C@H](N)CS)C(=O)N[C@@H](Cc1ccccc1)C(=O)N(CC(N)=O)[C@@H](CS)C(=O)O. The third-order valence-electron chi connectivity index (χ3n) is 14.8. The number of aromatic amines is 2. The predicted octanol–water partition coefficient (Wildman–Crippen LogP) is 0.189. The van der Waals surface area contributed by atoms with Crippen molar-refractivity contribution >= 4 is 106 Å². The third kappa shape index (κ3) is 20.7. The van der Waals surface area contributed by atoms with E-state index in [1.54, 1.807) is 79.1 Å². The van der Waals surface area contributed by atoms with Gasteiger partial charge < -0.3 is 79.5 Å². The molecule has 9 amide bonds. The number of aliphatic hydroxyl groups is 1. The van der Waals surface area contributed by atoms with Gasteiger partial charge in [0.1, 0.15) is 48.8 Å². The summed E-state index contributed by atoms with van der Waals surface area (Å²) < 4.78 is 0. The second kappa shape index (κ2) is 34.7. The molecule has 17 N–H and O–H groups in total. The molecule has 2 heterocycles. The quantitative estimate of drug-likeness (QED) is 0.0185. The van der Waals surface area contributed by atoms with Crippen LogP contribution in [0.3, 0.4) is 0 Å². The number of benzene rings is 4. The third-order valence-corrected chi connectivity index (χ3v) is 15.5. The van der Waals surface area contributed by atoms with Gasteiger partial charge in [-0.3, -0.25) is 43.2 Å². The van der Waals surface area contributed by atoms with E-state index in [2.05, 4.69) is 72.4 Å². The Kier molecular flexibility index (Phi) is 27.0. The van der Waals surface area contributed by atoms with Gasteiger partial charge in [0, 0.05) is 84.4 Å². The van der Waals surface area contributed by atoms with Crippen molar-refractivity contribution in [2.45, 2.75) is 119 Å². The van der Waals surface area contributed by atoms with Crippen LogP contribution in [0.5, 0.6) is 0 Å². The van der Waals surface area contributed by atoms with Crippen molar-refractivity contribution in [3.8, 4) is 0 Å². The lowest BCUT2D eigenvalue weighted by atomic mass is 10.00. The number of amides is 9. The summed E-state index contributed by atoms with van der Waals surface area (Å²) in [5.74, 6) is -9.34. The lowest BCUT2D eigenvalue weighted by molar-refractivity contribution is -0.151. The number of nitrogens with zero attached hydrogens (tertiary/aromatic N) is 1. The Bertz CT molecular complexity index is 3390. The van der Waals surface area contributed by atoms with E-state index < -0.39 is 126 Å². The molecule has 0 bridgehead atoms. The van der Waals surface area contributed by atoms with Gasteiger partial charge in [0.25, 0.3) is 0 Å². The molecule has 0 unspecified atom stereocenters. The van der Waals surface area contributed by atoms with Gasteiger partial charge in [-0.15, -0.1) is 0 Å². The van der Waals surface area contributed by atoms with Crippen molar-refractivity contribution in [3.05, 3.63) is 144 Å². The first kappa shape index (κ1) is 69.3. The minimum absolute atomic E-state index is 0.00965. The van der Waals surface area contributed by atoms with Crippen molar-refractivity contribution in [2.75, 3.05) is 31.1 Å². The summed E-state index contributed by atoms with van der Waals surface area (Å²) in [7, 11) is 0. The topological polar surface area (TPSA) is 408 Å². The number of aliphatic hydroxyl groups excluding tert-OH is 1. The van der Waals surface area contributed by atoms with Crippen LogP contribution in [0, 0.1) is 0 Å². The highest BCUT2D eigenvalue weighted by atomic mass is 32.1. The summed E-state index contributed by atoms with van der Waals surface area (Å²) >= 11 is 8.14. The average molecular weight is 1260 g/mol. The number of primary amides is 1. The van der Waals surface area contributed by atoms with Gasteiger partial charge in [-0.05, 0) is 73.5 Å². The molecule has 2 aromatic heterocycles. The molecule has 27 heteroatoms. The Morgan fingerprint density at radius 3 is 1.52 bits per heavy atom. The number of fused-ring (bicyclic) bond motifs is 2. The Morgan fingerprint density at radius 1 is 0.562 bits per heavy atom. The number of nitrogens with one attached hydrogen (secondary N) is 9. The van der Waals surface area contributed by atoms with Crippen molar-refractivity contribution in [2.24, 2.45) is 17.2 Å². The van der Waals surface area contributed by atoms with Gasteiger partial charge >= 0.3 is 5.97 Å². The first-order valence-corrected chi connectivity index (χ1v) is 30.4. The van der Waals surface area contributed by atoms with Gasteiger partial charge in [-0.25, -0.2) is 4.79 Å². The highest BCUT2D eigenvalue weighted by molar-refractivity contribution is 7.80. The minimum atomic E-state index is -1.81. The average Bonchev–Trinajstić information content (AvgIpc) is 2.36. The van der Waals surface area contributed by atoms with E-state index in [0.717, 1.165) is 10.9 Å². The molecule has 0 radical (unpaired) electrons. The van der Waals surface area contributed by atoms with Crippen molar-refractivity contribution in [3.63, 3.8) is 0 Å². The molecule has 0 aliphatic carbocycles. The number of carboxylic acids is 1. The Balaban J connectivity index is 1.31. The van der Waals surface area contributed by atoms with Crippen LogP contribution >= 0.6 is 25.3 Å². The maximum absolute atomic E-state index is 15.2. The van der Waals surface area contributed by atoms with Crippen molar-refractivity contribution in [1.82, 2.24) is 52.1 Å². The smallest absolute Gasteiger partial charge is 0.327 e. The molecule has 0 saturated carbocycles. The highest BCUT2D eigenvalue weighted by Gasteiger charge is 2.39. The second-order valence-electron chi connectivity index (χ2n) is 21.5. The van der Waals surface area contributed by atoms with Crippen LogP contribution in [0.2, 0.25) is 0 Å². The number of aromatic nitrogens is 2. The number of carbonyl (C=O) groups is 10. The maximum atomic E-state index is 15.2. The molecule has 6 aromatic rings. The standard InChI is InChI=1S/C62H79N13O12S2/c1-36(76)54(60(84)73-50(28-38-17-6-3-7-18-38)61(85)75(33-52(65)77)51(35-89)62(86)87)74-56(80)46(23-12-13-25-63)70-58(82)48(29-39-31-67-44-21-10-8-19-41(39)44)72-59(83)49(30-40-32-68-45-22-11-9-20-42(40)45)71-57(81)47(27-37-15-4-2-5-16-37)69-53(78)24-14-26-66-55(79)43(64)34-88/h2-11,15-22,31-32,36,43,46-51,54,67-68,76,88-89H,12-14,23-30,33-35,63-64H2,1H3,(H2,65,77)(H,66,79)(H,69,78)(H,70,82)(H,71,81)(H,72,83)(H,73,84)(H,74,80)(H,86,87)/t36-,43-,46+,47+,48-,49+,50+,51+,54+/m1/s1. The van der Waals surface area contributed by atoms with Crippen LogP contribution in [-0.2, 0) is 73.6 Å². The number of rotatable bonds is 36. The van der Waals surface area contributed by atoms with Gasteiger partial charge in [0.15, 0.2) is 0 Å². The molecule has 89 heavy (non-hydrogen) atoms.